The fraction of sp³-hybridized carbons (Fsp3) is 0.0500. The van der Waals surface area contributed by atoms with Crippen LogP contribution in [0.4, 0.5) is 5.69 Å². The Morgan fingerprint density at radius 1 is 1.04 bits per heavy atom. The van der Waals surface area contributed by atoms with Gasteiger partial charge in [0.05, 0.1) is 12.7 Å². The zero-order chi connectivity index (χ0) is 18.1. The van der Waals surface area contributed by atoms with Gasteiger partial charge in [-0.3, -0.25) is 0 Å². The first-order valence-corrected chi connectivity index (χ1v) is 7.40. The number of carbonyl (C=O) groups is 1. The Hall–Kier alpha value is -3.83. The van der Waals surface area contributed by atoms with Gasteiger partial charge >= 0.3 is 5.97 Å². The second-order valence-corrected chi connectivity index (χ2v) is 4.96. The fourth-order valence-corrected chi connectivity index (χ4v) is 2.08. The molecule has 0 saturated carbocycles. The van der Waals surface area contributed by atoms with E-state index in [9.17, 15) is 4.79 Å². The lowest BCUT2D eigenvalue weighted by Gasteiger charge is -2.07. The number of ether oxygens (including phenoxy) is 1. The molecule has 0 atom stereocenters. The second-order valence-electron chi connectivity index (χ2n) is 4.96. The molecule has 0 aliphatic heterocycles. The van der Waals surface area contributed by atoms with Crippen molar-refractivity contribution in [1.29, 1.82) is 10.5 Å². The summed E-state index contributed by atoms with van der Waals surface area (Å²) in [5.41, 5.74) is 2.76. The number of nitriles is 2. The van der Waals surface area contributed by atoms with Gasteiger partial charge in [0.15, 0.2) is 0 Å². The minimum Gasteiger partial charge on any atom is -0.465 e. The highest BCUT2D eigenvalue weighted by atomic mass is 16.5. The van der Waals surface area contributed by atoms with E-state index in [2.05, 4.69) is 5.32 Å². The van der Waals surface area contributed by atoms with Crippen LogP contribution in [-0.2, 0) is 9.53 Å². The molecule has 5 nitrogen and oxygen atoms in total. The molecule has 2 rings (SSSR count). The zero-order valence-electron chi connectivity index (χ0n) is 13.6. The average molecular weight is 329 g/mol. The van der Waals surface area contributed by atoms with E-state index in [-0.39, 0.29) is 5.57 Å². The molecule has 0 aromatic heterocycles. The summed E-state index contributed by atoms with van der Waals surface area (Å²) in [5.74, 6) is -0.413. The molecular formula is C20H15N3O2. The van der Waals surface area contributed by atoms with Crippen molar-refractivity contribution in [2.45, 2.75) is 0 Å². The molecule has 1 N–H and O–H groups in total. The van der Waals surface area contributed by atoms with Gasteiger partial charge in [-0.25, -0.2) is 4.79 Å². The van der Waals surface area contributed by atoms with E-state index in [1.54, 1.807) is 30.3 Å². The van der Waals surface area contributed by atoms with Crippen LogP contribution in [-0.4, -0.2) is 13.1 Å². The molecule has 25 heavy (non-hydrogen) atoms. The van der Waals surface area contributed by atoms with Gasteiger partial charge < -0.3 is 10.1 Å². The van der Waals surface area contributed by atoms with Crippen molar-refractivity contribution in [1.82, 2.24) is 0 Å². The molecule has 5 heteroatoms. The number of nitrogens with one attached hydrogen (secondary N) is 1. The number of allylic oxidation sites excluding steroid dienone is 1. The fourth-order valence-electron chi connectivity index (χ4n) is 2.08. The third kappa shape index (κ3) is 4.82. The first-order valence-electron chi connectivity index (χ1n) is 7.40. The maximum absolute atomic E-state index is 12.1. The molecule has 0 fully saturated rings. The first kappa shape index (κ1) is 17.5. The molecule has 2 aromatic rings. The highest BCUT2D eigenvalue weighted by Gasteiger charge is 2.11. The Morgan fingerprint density at radius 3 is 2.24 bits per heavy atom. The van der Waals surface area contributed by atoms with Crippen molar-refractivity contribution in [2.24, 2.45) is 0 Å². The van der Waals surface area contributed by atoms with Crippen molar-refractivity contribution >= 4 is 23.3 Å². The minimum absolute atomic E-state index is 0.0129. The van der Waals surface area contributed by atoms with Gasteiger partial charge in [-0.05, 0) is 29.3 Å². The maximum atomic E-state index is 12.1. The molecule has 0 saturated heterocycles. The van der Waals surface area contributed by atoms with Gasteiger partial charge in [0.2, 0.25) is 0 Å². The normalized spacial score (nSPS) is 10.1. The first-order chi connectivity index (χ1) is 12.2. The van der Waals surface area contributed by atoms with Crippen molar-refractivity contribution in [3.05, 3.63) is 77.5 Å². The summed E-state index contributed by atoms with van der Waals surface area (Å²) >= 11 is 0. The molecule has 0 unspecified atom stereocenters. The summed E-state index contributed by atoms with van der Waals surface area (Å²) in [6.45, 7) is 0. The Bertz CT molecular complexity index is 867. The third-order valence-electron chi connectivity index (χ3n) is 3.34. The third-order valence-corrected chi connectivity index (χ3v) is 3.34. The monoisotopic (exact) mass is 329 g/mol. The minimum atomic E-state index is -0.413. The Morgan fingerprint density at radius 2 is 1.68 bits per heavy atom. The maximum Gasteiger partial charge on any atom is 0.338 e. The van der Waals surface area contributed by atoms with Gasteiger partial charge in [0.1, 0.15) is 17.7 Å². The molecule has 0 spiro atoms. The van der Waals surface area contributed by atoms with Crippen LogP contribution in [0.1, 0.15) is 11.1 Å². The number of carbonyl (C=O) groups excluding carboxylic acids is 1. The number of esters is 1. The van der Waals surface area contributed by atoms with Crippen molar-refractivity contribution in [3.8, 4) is 12.1 Å². The molecule has 0 heterocycles. The molecule has 122 valence electrons. The van der Waals surface area contributed by atoms with Crippen LogP contribution in [0.15, 0.2) is 66.4 Å². The van der Waals surface area contributed by atoms with E-state index >= 15 is 0 Å². The zero-order valence-corrected chi connectivity index (χ0v) is 13.6. The Balaban J connectivity index is 2.27. The van der Waals surface area contributed by atoms with Gasteiger partial charge in [-0.2, -0.15) is 10.5 Å². The summed E-state index contributed by atoms with van der Waals surface area (Å²) in [6.07, 6.45) is 3.09. The predicted molar refractivity (Wildman–Crippen MR) is 95.7 cm³/mol. The molecule has 2 aromatic carbocycles. The van der Waals surface area contributed by atoms with E-state index in [0.717, 1.165) is 16.8 Å². The largest absolute Gasteiger partial charge is 0.465 e. The van der Waals surface area contributed by atoms with E-state index < -0.39 is 5.97 Å². The second kappa shape index (κ2) is 8.71. The molecular weight excluding hydrogens is 314 g/mol. The molecule has 0 bridgehead atoms. The number of hydrogen-bond donors (Lipinski definition) is 1. The number of nitrogens with zero attached hydrogens (tertiary/aromatic N) is 2. The summed E-state index contributed by atoms with van der Waals surface area (Å²) in [7, 11) is 1.35. The van der Waals surface area contributed by atoms with Crippen molar-refractivity contribution < 1.29 is 9.53 Å². The number of benzene rings is 2. The van der Waals surface area contributed by atoms with E-state index in [1.807, 2.05) is 42.5 Å². The van der Waals surface area contributed by atoms with Crippen LogP contribution in [0.3, 0.4) is 0 Å². The number of methoxy groups -OCH3 is 1. The van der Waals surface area contributed by atoms with Crippen LogP contribution in [0.25, 0.3) is 11.6 Å². The van der Waals surface area contributed by atoms with Crippen LogP contribution in [0.2, 0.25) is 0 Å². The quantitative estimate of drug-likeness (QED) is 0.391. The van der Waals surface area contributed by atoms with Crippen molar-refractivity contribution in [2.75, 3.05) is 12.4 Å². The lowest BCUT2D eigenvalue weighted by Crippen LogP contribution is -2.03. The summed E-state index contributed by atoms with van der Waals surface area (Å²) in [5, 5.41) is 20.3. The molecule has 0 aliphatic rings. The smallest absolute Gasteiger partial charge is 0.338 e. The lowest BCUT2D eigenvalue weighted by atomic mass is 10.0. The SMILES string of the molecule is COC(=O)C(=Cc1ccc(NC=C(C#N)C#N)cc1)c1ccccc1. The number of rotatable bonds is 5. The topological polar surface area (TPSA) is 85.9 Å². The average Bonchev–Trinajstić information content (AvgIpc) is 2.68. The molecule has 0 amide bonds. The lowest BCUT2D eigenvalue weighted by molar-refractivity contribution is -0.133. The van der Waals surface area contributed by atoms with Gasteiger partial charge in [0, 0.05) is 11.9 Å². The number of anilines is 1. The summed E-state index contributed by atoms with van der Waals surface area (Å²) in [6, 6.07) is 20.0. The van der Waals surface area contributed by atoms with Crippen LogP contribution >= 0.6 is 0 Å². The van der Waals surface area contributed by atoms with Crippen LogP contribution in [0, 0.1) is 22.7 Å². The van der Waals surface area contributed by atoms with Crippen LogP contribution in [0.5, 0.6) is 0 Å². The summed E-state index contributed by atoms with van der Waals surface area (Å²) < 4.78 is 4.86. The van der Waals surface area contributed by atoms with E-state index in [4.69, 9.17) is 15.3 Å². The van der Waals surface area contributed by atoms with E-state index in [0.29, 0.717) is 5.57 Å². The highest BCUT2D eigenvalue weighted by molar-refractivity contribution is 6.21. The standard InChI is InChI=1S/C20H15N3O2/c1-25-20(24)19(17-5-3-2-4-6-17)11-15-7-9-18(10-8-15)23-14-16(12-21)13-22/h2-11,14,23H,1H3. The highest BCUT2D eigenvalue weighted by Crippen LogP contribution is 2.20. The van der Waals surface area contributed by atoms with Gasteiger partial charge in [-0.1, -0.05) is 42.5 Å². The predicted octanol–water partition coefficient (Wildman–Crippen LogP) is 3.74. The van der Waals surface area contributed by atoms with Gasteiger partial charge in [0.25, 0.3) is 0 Å². The summed E-state index contributed by atoms with van der Waals surface area (Å²) in [4.78, 5) is 12.1. The van der Waals surface area contributed by atoms with Gasteiger partial charge in [-0.15, -0.1) is 0 Å². The number of hydrogen-bond acceptors (Lipinski definition) is 5. The van der Waals surface area contributed by atoms with Crippen molar-refractivity contribution in [3.63, 3.8) is 0 Å². The molecule has 0 aliphatic carbocycles. The Kier molecular flexibility index (Phi) is 6.11. The van der Waals surface area contributed by atoms with E-state index in [1.165, 1.54) is 13.3 Å². The van der Waals surface area contributed by atoms with Crippen LogP contribution < -0.4 is 5.32 Å². The Labute approximate surface area is 146 Å². The molecule has 0 radical (unpaired) electrons.